The van der Waals surface area contributed by atoms with Gasteiger partial charge in [0.1, 0.15) is 5.75 Å². The molecule has 2 aromatic heterocycles. The van der Waals surface area contributed by atoms with E-state index in [0.717, 1.165) is 42.4 Å². The Morgan fingerprint density at radius 3 is 2.60 bits per heavy atom. The number of carbonyl (C=O) groups is 1. The molecule has 0 atom stereocenters. The minimum Gasteiger partial charge on any atom is -0.495 e. The van der Waals surface area contributed by atoms with Gasteiger partial charge in [-0.05, 0) is 67.7 Å². The molecule has 1 amide bonds. The SMILES string of the molecule is COc1cc(C(=O)NC2CCNCC2)ccc1Nc1nc(Nc2ccccc2N(C)S(C)(=O)=O)c2sccc2n1. The van der Waals surface area contributed by atoms with Gasteiger partial charge in [-0.3, -0.25) is 9.10 Å². The second kappa shape index (κ2) is 11.7. The Kier molecular flexibility index (Phi) is 8.05. The quantitative estimate of drug-likeness (QED) is 0.231. The minimum atomic E-state index is -3.47. The van der Waals surface area contributed by atoms with E-state index >= 15 is 0 Å². The monoisotopic (exact) mass is 581 g/mol. The molecule has 11 nitrogen and oxygen atoms in total. The van der Waals surface area contributed by atoms with E-state index in [2.05, 4.69) is 26.3 Å². The molecular weight excluding hydrogens is 550 g/mol. The Morgan fingerprint density at radius 1 is 1.07 bits per heavy atom. The third kappa shape index (κ3) is 6.11. The highest BCUT2D eigenvalue weighted by atomic mass is 32.2. The van der Waals surface area contributed by atoms with Crippen molar-refractivity contribution in [3.8, 4) is 5.75 Å². The van der Waals surface area contributed by atoms with Crippen molar-refractivity contribution in [3.63, 3.8) is 0 Å². The van der Waals surface area contributed by atoms with Gasteiger partial charge < -0.3 is 26.0 Å². The summed E-state index contributed by atoms with van der Waals surface area (Å²) in [7, 11) is -0.424. The molecule has 4 N–H and O–H groups in total. The Balaban J connectivity index is 1.42. The highest BCUT2D eigenvalue weighted by Crippen LogP contribution is 2.35. The molecule has 210 valence electrons. The lowest BCUT2D eigenvalue weighted by atomic mass is 10.1. The Bertz CT molecular complexity index is 1640. The maximum atomic E-state index is 12.8. The van der Waals surface area contributed by atoms with Crippen LogP contribution in [0.1, 0.15) is 23.2 Å². The molecule has 1 fully saturated rings. The van der Waals surface area contributed by atoms with Gasteiger partial charge in [-0.15, -0.1) is 11.3 Å². The number of rotatable bonds is 9. The number of thiophene rings is 1. The molecule has 1 saturated heterocycles. The molecule has 0 spiro atoms. The number of fused-ring (bicyclic) bond motifs is 1. The van der Waals surface area contributed by atoms with Crippen molar-refractivity contribution in [2.24, 2.45) is 0 Å². The maximum absolute atomic E-state index is 12.8. The summed E-state index contributed by atoms with van der Waals surface area (Å²) in [4.78, 5) is 22.2. The van der Waals surface area contributed by atoms with Crippen molar-refractivity contribution in [2.45, 2.75) is 18.9 Å². The number of hydrogen-bond acceptors (Lipinski definition) is 10. The summed E-state index contributed by atoms with van der Waals surface area (Å²) in [6.45, 7) is 1.78. The molecule has 13 heteroatoms. The molecule has 2 aromatic carbocycles. The number of aromatic nitrogens is 2. The number of sulfonamides is 1. The molecule has 5 rings (SSSR count). The molecule has 0 aliphatic carbocycles. The van der Waals surface area contributed by atoms with Gasteiger partial charge in [0.05, 0.1) is 40.6 Å². The van der Waals surface area contributed by atoms with E-state index in [-0.39, 0.29) is 11.9 Å². The van der Waals surface area contributed by atoms with Gasteiger partial charge >= 0.3 is 0 Å². The number of para-hydroxylation sites is 2. The summed E-state index contributed by atoms with van der Waals surface area (Å²) in [6.07, 6.45) is 2.95. The zero-order valence-electron chi connectivity index (χ0n) is 22.4. The third-order valence-corrected chi connectivity index (χ3v) is 8.78. The summed E-state index contributed by atoms with van der Waals surface area (Å²) in [5, 5.41) is 14.8. The summed E-state index contributed by atoms with van der Waals surface area (Å²) in [5.41, 5.74) is 2.89. The largest absolute Gasteiger partial charge is 0.495 e. The van der Waals surface area contributed by atoms with Crippen LogP contribution in [0.15, 0.2) is 53.9 Å². The van der Waals surface area contributed by atoms with Crippen LogP contribution in [-0.2, 0) is 10.0 Å². The second-order valence-electron chi connectivity index (χ2n) is 9.44. The predicted molar refractivity (Wildman–Crippen MR) is 160 cm³/mol. The normalized spacial score (nSPS) is 14.1. The fourth-order valence-corrected chi connectivity index (χ4v) is 5.75. The molecule has 40 heavy (non-hydrogen) atoms. The molecule has 0 saturated carbocycles. The van der Waals surface area contributed by atoms with Crippen LogP contribution < -0.4 is 30.3 Å². The summed E-state index contributed by atoms with van der Waals surface area (Å²) in [5.74, 6) is 1.17. The van der Waals surface area contributed by atoms with E-state index < -0.39 is 10.0 Å². The van der Waals surface area contributed by atoms with Gasteiger partial charge in [0.15, 0.2) is 5.82 Å². The average Bonchev–Trinajstić information content (AvgIpc) is 3.42. The van der Waals surface area contributed by atoms with Crippen LogP contribution in [0.25, 0.3) is 10.2 Å². The summed E-state index contributed by atoms with van der Waals surface area (Å²) in [6, 6.07) is 14.3. The lowest BCUT2D eigenvalue weighted by molar-refractivity contribution is 0.0929. The van der Waals surface area contributed by atoms with E-state index in [1.165, 1.54) is 22.7 Å². The van der Waals surface area contributed by atoms with Gasteiger partial charge in [-0.25, -0.2) is 13.4 Å². The van der Waals surface area contributed by atoms with Gasteiger partial charge in [-0.2, -0.15) is 4.98 Å². The summed E-state index contributed by atoms with van der Waals surface area (Å²) >= 11 is 1.47. The highest BCUT2D eigenvalue weighted by Gasteiger charge is 2.20. The number of ether oxygens (including phenoxy) is 1. The molecule has 1 aliphatic rings. The lowest BCUT2D eigenvalue weighted by Crippen LogP contribution is -2.42. The second-order valence-corrected chi connectivity index (χ2v) is 12.4. The van der Waals surface area contributed by atoms with E-state index in [0.29, 0.717) is 40.1 Å². The molecule has 0 bridgehead atoms. The van der Waals surface area contributed by atoms with Crippen molar-refractivity contribution in [1.29, 1.82) is 0 Å². The lowest BCUT2D eigenvalue weighted by Gasteiger charge is -2.23. The van der Waals surface area contributed by atoms with Crippen LogP contribution in [0.5, 0.6) is 5.75 Å². The van der Waals surface area contributed by atoms with E-state index in [4.69, 9.17) is 9.72 Å². The van der Waals surface area contributed by atoms with Crippen LogP contribution in [0, 0.1) is 0 Å². The fraction of sp³-hybridized carbons (Fsp3) is 0.296. The van der Waals surface area contributed by atoms with E-state index in [9.17, 15) is 13.2 Å². The van der Waals surface area contributed by atoms with Gasteiger partial charge in [0.25, 0.3) is 5.91 Å². The van der Waals surface area contributed by atoms with Gasteiger partial charge in [0.2, 0.25) is 16.0 Å². The first kappa shape index (κ1) is 27.6. The molecule has 0 radical (unpaired) electrons. The zero-order valence-corrected chi connectivity index (χ0v) is 24.0. The first-order valence-corrected chi connectivity index (χ1v) is 15.5. The predicted octanol–water partition coefficient (Wildman–Crippen LogP) is 4.06. The first-order valence-electron chi connectivity index (χ1n) is 12.7. The van der Waals surface area contributed by atoms with Crippen molar-refractivity contribution < 1.29 is 17.9 Å². The molecular formula is C27H31N7O4S2. The Morgan fingerprint density at radius 2 is 1.85 bits per heavy atom. The third-order valence-electron chi connectivity index (χ3n) is 6.68. The van der Waals surface area contributed by atoms with Gasteiger partial charge in [0, 0.05) is 18.7 Å². The minimum absolute atomic E-state index is 0.142. The number of benzene rings is 2. The van der Waals surface area contributed by atoms with Crippen LogP contribution in [-0.4, -0.2) is 63.8 Å². The van der Waals surface area contributed by atoms with Crippen LogP contribution in [0.3, 0.4) is 0 Å². The van der Waals surface area contributed by atoms with Crippen LogP contribution in [0.4, 0.5) is 28.8 Å². The molecule has 4 aromatic rings. The van der Waals surface area contributed by atoms with E-state index in [1.807, 2.05) is 17.5 Å². The highest BCUT2D eigenvalue weighted by molar-refractivity contribution is 7.92. The number of nitrogens with zero attached hydrogens (tertiary/aromatic N) is 3. The van der Waals surface area contributed by atoms with Crippen molar-refractivity contribution in [2.75, 3.05) is 48.4 Å². The fourth-order valence-electron chi connectivity index (χ4n) is 4.46. The molecule has 3 heterocycles. The Labute approximate surface area is 237 Å². The van der Waals surface area contributed by atoms with Crippen LogP contribution >= 0.6 is 11.3 Å². The number of hydrogen-bond donors (Lipinski definition) is 4. The number of amides is 1. The number of piperidine rings is 1. The number of anilines is 5. The van der Waals surface area contributed by atoms with Crippen molar-refractivity contribution in [1.82, 2.24) is 20.6 Å². The standard InChI is InChI=1S/C27H31N7O4S2/c1-34(40(3,36)37)22-7-5-4-6-19(22)30-25-24-21(12-15-39-24)32-27(33-25)31-20-9-8-17(16-23(20)38-2)26(35)29-18-10-13-28-14-11-18/h4-9,12,15-16,18,28H,10-11,13-14H2,1-3H3,(H,29,35)(H2,30,31,32,33). The average molecular weight is 582 g/mol. The molecule has 0 unspecified atom stereocenters. The number of carbonyl (C=O) groups excluding carboxylic acids is 1. The van der Waals surface area contributed by atoms with Crippen LogP contribution in [0.2, 0.25) is 0 Å². The summed E-state index contributed by atoms with van der Waals surface area (Å²) < 4.78 is 32.1. The zero-order chi connectivity index (χ0) is 28.3. The van der Waals surface area contributed by atoms with Crippen molar-refractivity contribution >= 4 is 66.3 Å². The topological polar surface area (TPSA) is 138 Å². The van der Waals surface area contributed by atoms with Crippen molar-refractivity contribution in [3.05, 3.63) is 59.5 Å². The first-order chi connectivity index (χ1) is 19.2. The number of nitrogens with one attached hydrogen (secondary N) is 4. The van der Waals surface area contributed by atoms with E-state index in [1.54, 1.807) is 43.5 Å². The molecule has 1 aliphatic heterocycles. The smallest absolute Gasteiger partial charge is 0.251 e. The number of methoxy groups -OCH3 is 1. The Hall–Kier alpha value is -3.94. The maximum Gasteiger partial charge on any atom is 0.251 e. The van der Waals surface area contributed by atoms with Gasteiger partial charge in [-0.1, -0.05) is 12.1 Å².